The number of aromatic amines is 1. The smallest absolute Gasteiger partial charge is 0.130 e. The first-order chi connectivity index (χ1) is 13.4. The van der Waals surface area contributed by atoms with E-state index in [2.05, 4.69) is 51.9 Å². The predicted octanol–water partition coefficient (Wildman–Crippen LogP) is 5.06. The van der Waals surface area contributed by atoms with Crippen LogP contribution in [0.2, 0.25) is 0 Å². The number of nitrogens with zero attached hydrogens (tertiary/aromatic N) is 2. The number of aromatic nitrogens is 2. The second-order valence-corrected chi connectivity index (χ2v) is 6.59. The SMILES string of the molecule is N#CC1=C(c2ccccc2)Nc2[nH]ncc2C1c1cccc2ccccc12. The normalized spacial score (nSPS) is 15.9. The molecule has 27 heavy (non-hydrogen) atoms. The summed E-state index contributed by atoms with van der Waals surface area (Å²) in [5.41, 5.74) is 4.61. The van der Waals surface area contributed by atoms with Crippen LogP contribution >= 0.6 is 0 Å². The molecule has 0 saturated heterocycles. The maximum Gasteiger partial charge on any atom is 0.130 e. The van der Waals surface area contributed by atoms with Gasteiger partial charge in [0.2, 0.25) is 0 Å². The molecular weight excluding hydrogens is 332 g/mol. The van der Waals surface area contributed by atoms with Gasteiger partial charge in [-0.25, -0.2) is 0 Å². The summed E-state index contributed by atoms with van der Waals surface area (Å²) >= 11 is 0. The van der Waals surface area contributed by atoms with Crippen molar-refractivity contribution in [2.24, 2.45) is 0 Å². The Kier molecular flexibility index (Phi) is 3.51. The summed E-state index contributed by atoms with van der Waals surface area (Å²) in [6.07, 6.45) is 1.81. The number of hydrogen-bond donors (Lipinski definition) is 2. The Balaban J connectivity index is 1.81. The van der Waals surface area contributed by atoms with Crippen molar-refractivity contribution in [2.75, 3.05) is 5.32 Å². The van der Waals surface area contributed by atoms with Crippen molar-refractivity contribution in [3.8, 4) is 6.07 Å². The Hall–Kier alpha value is -3.84. The van der Waals surface area contributed by atoms with Crippen molar-refractivity contribution in [1.29, 1.82) is 5.26 Å². The number of benzene rings is 3. The van der Waals surface area contributed by atoms with E-state index in [9.17, 15) is 5.26 Å². The first-order valence-corrected chi connectivity index (χ1v) is 8.84. The van der Waals surface area contributed by atoms with Crippen LogP contribution in [0.1, 0.15) is 22.6 Å². The van der Waals surface area contributed by atoms with E-state index in [4.69, 9.17) is 0 Å². The maximum absolute atomic E-state index is 10.1. The highest BCUT2D eigenvalue weighted by atomic mass is 15.2. The molecule has 4 aromatic rings. The number of rotatable bonds is 2. The Morgan fingerprint density at radius 3 is 2.48 bits per heavy atom. The van der Waals surface area contributed by atoms with Crippen molar-refractivity contribution >= 4 is 22.3 Å². The minimum atomic E-state index is -0.175. The third-order valence-electron chi connectivity index (χ3n) is 5.10. The van der Waals surface area contributed by atoms with Gasteiger partial charge in [0.15, 0.2) is 0 Å². The van der Waals surface area contributed by atoms with Gasteiger partial charge in [0.25, 0.3) is 0 Å². The average molecular weight is 348 g/mol. The van der Waals surface area contributed by atoms with Crippen molar-refractivity contribution in [2.45, 2.75) is 5.92 Å². The summed E-state index contributed by atoms with van der Waals surface area (Å²) in [6, 6.07) is 27.0. The molecule has 0 radical (unpaired) electrons. The Bertz CT molecular complexity index is 1210. The number of fused-ring (bicyclic) bond motifs is 2. The zero-order chi connectivity index (χ0) is 18.2. The van der Waals surface area contributed by atoms with Crippen LogP contribution in [0.25, 0.3) is 16.5 Å². The van der Waals surface area contributed by atoms with Gasteiger partial charge in [0.1, 0.15) is 5.82 Å². The molecule has 0 aliphatic carbocycles. The summed E-state index contributed by atoms with van der Waals surface area (Å²) in [7, 11) is 0. The van der Waals surface area contributed by atoms with Crippen LogP contribution in [0, 0.1) is 11.3 Å². The molecule has 1 aliphatic rings. The van der Waals surface area contributed by atoms with Crippen LogP contribution in [-0.2, 0) is 0 Å². The summed E-state index contributed by atoms with van der Waals surface area (Å²) < 4.78 is 0. The van der Waals surface area contributed by atoms with E-state index in [0.29, 0.717) is 5.57 Å². The van der Waals surface area contributed by atoms with Gasteiger partial charge >= 0.3 is 0 Å². The second kappa shape index (κ2) is 6.15. The molecule has 2 N–H and O–H groups in total. The van der Waals surface area contributed by atoms with Gasteiger partial charge in [-0.2, -0.15) is 10.4 Å². The molecule has 128 valence electrons. The molecule has 0 saturated carbocycles. The predicted molar refractivity (Wildman–Crippen MR) is 107 cm³/mol. The zero-order valence-corrected chi connectivity index (χ0v) is 14.5. The molecule has 0 spiro atoms. The minimum Gasteiger partial charge on any atom is -0.339 e. The molecular formula is C23H16N4. The van der Waals surface area contributed by atoms with Crippen LogP contribution in [0.5, 0.6) is 0 Å². The lowest BCUT2D eigenvalue weighted by atomic mass is 9.80. The molecule has 2 heterocycles. The highest BCUT2D eigenvalue weighted by Gasteiger charge is 2.32. The molecule has 3 aromatic carbocycles. The lowest BCUT2D eigenvalue weighted by molar-refractivity contribution is 0.982. The molecule has 0 amide bonds. The largest absolute Gasteiger partial charge is 0.339 e. The fourth-order valence-corrected chi connectivity index (χ4v) is 3.88. The third-order valence-corrected chi connectivity index (χ3v) is 5.10. The van der Waals surface area contributed by atoms with Crippen LogP contribution < -0.4 is 5.32 Å². The van der Waals surface area contributed by atoms with Crippen LogP contribution in [0.3, 0.4) is 0 Å². The number of hydrogen-bond acceptors (Lipinski definition) is 3. The third kappa shape index (κ3) is 2.41. The number of nitriles is 1. The fourth-order valence-electron chi connectivity index (χ4n) is 3.88. The van der Waals surface area contributed by atoms with E-state index < -0.39 is 0 Å². The Morgan fingerprint density at radius 2 is 1.63 bits per heavy atom. The average Bonchev–Trinajstić information content (AvgIpc) is 3.21. The van der Waals surface area contributed by atoms with E-state index in [1.165, 1.54) is 0 Å². The zero-order valence-electron chi connectivity index (χ0n) is 14.5. The molecule has 4 heteroatoms. The number of H-pyrrole nitrogens is 1. The molecule has 5 rings (SSSR count). The summed E-state index contributed by atoms with van der Waals surface area (Å²) in [5, 5.41) is 23.1. The Morgan fingerprint density at radius 1 is 0.852 bits per heavy atom. The Labute approximate surface area is 156 Å². The molecule has 1 aromatic heterocycles. The van der Waals surface area contributed by atoms with Gasteiger partial charge in [0, 0.05) is 5.56 Å². The van der Waals surface area contributed by atoms with Crippen molar-refractivity contribution < 1.29 is 0 Å². The lowest BCUT2D eigenvalue weighted by Gasteiger charge is -2.27. The van der Waals surface area contributed by atoms with Gasteiger partial charge in [0.05, 0.1) is 29.5 Å². The number of anilines is 1. The van der Waals surface area contributed by atoms with E-state index in [1.54, 1.807) is 0 Å². The molecule has 0 bridgehead atoms. The molecule has 0 fully saturated rings. The quantitative estimate of drug-likeness (QED) is 0.532. The van der Waals surface area contributed by atoms with Crippen LogP contribution in [-0.4, -0.2) is 10.2 Å². The fraction of sp³-hybridized carbons (Fsp3) is 0.0435. The lowest BCUT2D eigenvalue weighted by Crippen LogP contribution is -2.17. The topological polar surface area (TPSA) is 64.5 Å². The highest BCUT2D eigenvalue weighted by Crippen LogP contribution is 2.44. The van der Waals surface area contributed by atoms with Gasteiger partial charge in [-0.3, -0.25) is 5.10 Å². The van der Waals surface area contributed by atoms with Gasteiger partial charge in [-0.15, -0.1) is 0 Å². The first-order valence-electron chi connectivity index (χ1n) is 8.84. The van der Waals surface area contributed by atoms with Crippen LogP contribution in [0.4, 0.5) is 5.82 Å². The van der Waals surface area contributed by atoms with Gasteiger partial charge < -0.3 is 5.32 Å². The monoisotopic (exact) mass is 348 g/mol. The highest BCUT2D eigenvalue weighted by molar-refractivity contribution is 5.91. The van der Waals surface area contributed by atoms with Crippen molar-refractivity contribution in [1.82, 2.24) is 10.2 Å². The van der Waals surface area contributed by atoms with Gasteiger partial charge in [-0.1, -0.05) is 72.8 Å². The summed E-state index contributed by atoms with van der Waals surface area (Å²) in [6.45, 7) is 0. The number of nitrogens with one attached hydrogen (secondary N) is 2. The minimum absolute atomic E-state index is 0.175. The molecule has 1 atom stereocenters. The summed E-state index contributed by atoms with van der Waals surface area (Å²) in [4.78, 5) is 0. The first kappa shape index (κ1) is 15.4. The van der Waals surface area contributed by atoms with E-state index >= 15 is 0 Å². The molecule has 1 unspecified atom stereocenters. The van der Waals surface area contributed by atoms with E-state index in [1.807, 2.05) is 48.7 Å². The number of allylic oxidation sites excluding steroid dienone is 1. The van der Waals surface area contributed by atoms with E-state index in [-0.39, 0.29) is 5.92 Å². The maximum atomic E-state index is 10.1. The van der Waals surface area contributed by atoms with Crippen molar-refractivity contribution in [3.63, 3.8) is 0 Å². The van der Waals surface area contributed by atoms with Crippen LogP contribution in [0.15, 0.2) is 84.6 Å². The van der Waals surface area contributed by atoms with Gasteiger partial charge in [-0.05, 0) is 21.9 Å². The second-order valence-electron chi connectivity index (χ2n) is 6.59. The van der Waals surface area contributed by atoms with Crippen molar-refractivity contribution in [3.05, 3.63) is 101 Å². The standard InChI is InChI=1S/C23H16N4/c24-13-19-21(18-12-6-10-15-7-4-5-11-17(15)18)20-14-25-27-23(20)26-22(19)16-8-2-1-3-9-16/h1-12,14,21H,(H2,25,26,27). The molecule has 1 aliphatic heterocycles. The molecule has 4 nitrogen and oxygen atoms in total. The summed E-state index contributed by atoms with van der Waals surface area (Å²) in [5.74, 6) is 0.664. The van der Waals surface area contributed by atoms with E-state index in [0.717, 1.165) is 39.0 Å².